The van der Waals surface area contributed by atoms with E-state index in [-0.39, 0.29) is 35.6 Å². The quantitative estimate of drug-likeness (QED) is 0.802. The van der Waals surface area contributed by atoms with Crippen LogP contribution in [-0.2, 0) is 0 Å². The molecule has 18 heavy (non-hydrogen) atoms. The Morgan fingerprint density at radius 3 is 2.61 bits per heavy atom. The Bertz CT molecular complexity index is 501. The van der Waals surface area contributed by atoms with Gasteiger partial charge in [0.25, 0.3) is 0 Å². The van der Waals surface area contributed by atoms with E-state index in [4.69, 9.17) is 4.74 Å². The summed E-state index contributed by atoms with van der Waals surface area (Å²) in [7, 11) is 0. The molecule has 0 radical (unpaired) electrons. The largest absolute Gasteiger partial charge is 0.507 e. The van der Waals surface area contributed by atoms with Gasteiger partial charge in [0.2, 0.25) is 5.78 Å². The van der Waals surface area contributed by atoms with Crippen LogP contribution in [0.1, 0.15) is 53.9 Å². The molecule has 1 fully saturated rings. The van der Waals surface area contributed by atoms with Gasteiger partial charge in [-0.2, -0.15) is 0 Å². The predicted molar refractivity (Wildman–Crippen MR) is 65.4 cm³/mol. The predicted octanol–water partition coefficient (Wildman–Crippen LogP) is 2.72. The van der Waals surface area contributed by atoms with E-state index in [1.165, 1.54) is 12.5 Å². The Labute approximate surface area is 105 Å². The summed E-state index contributed by atoms with van der Waals surface area (Å²) in [4.78, 5) is 11.5. The van der Waals surface area contributed by atoms with Crippen LogP contribution in [0, 0.1) is 0 Å². The molecular weight excluding hydrogens is 232 g/mol. The number of ketones is 1. The zero-order chi connectivity index (χ0) is 12.7. The van der Waals surface area contributed by atoms with Gasteiger partial charge in [0, 0.05) is 5.56 Å². The molecular formula is C14H16O4. The topological polar surface area (TPSA) is 66.8 Å². The SMILES string of the molecule is O=C1COc2c1cc(O)c(C1CCCCC1)c2O. The highest BCUT2D eigenvalue weighted by Crippen LogP contribution is 2.48. The van der Waals surface area contributed by atoms with E-state index in [1.54, 1.807) is 0 Å². The van der Waals surface area contributed by atoms with Crippen molar-refractivity contribution in [2.24, 2.45) is 0 Å². The third-order valence-electron chi connectivity index (χ3n) is 3.93. The Morgan fingerprint density at radius 1 is 1.17 bits per heavy atom. The summed E-state index contributed by atoms with van der Waals surface area (Å²) in [6, 6.07) is 1.44. The first-order valence-electron chi connectivity index (χ1n) is 6.43. The molecule has 0 amide bonds. The third kappa shape index (κ3) is 1.64. The monoisotopic (exact) mass is 248 g/mol. The van der Waals surface area contributed by atoms with Crippen molar-refractivity contribution in [3.8, 4) is 17.2 Å². The lowest BCUT2D eigenvalue weighted by Crippen LogP contribution is -2.05. The number of hydrogen-bond donors (Lipinski definition) is 2. The average molecular weight is 248 g/mol. The number of fused-ring (bicyclic) bond motifs is 1. The molecule has 1 saturated carbocycles. The van der Waals surface area contributed by atoms with Gasteiger partial charge in [0.05, 0.1) is 5.56 Å². The second kappa shape index (κ2) is 4.19. The number of aromatic hydroxyl groups is 2. The molecule has 0 unspecified atom stereocenters. The van der Waals surface area contributed by atoms with Crippen LogP contribution in [-0.4, -0.2) is 22.6 Å². The number of phenolic OH excluding ortho intramolecular Hbond substituents is 2. The van der Waals surface area contributed by atoms with Crippen LogP contribution >= 0.6 is 0 Å². The van der Waals surface area contributed by atoms with Gasteiger partial charge in [-0.25, -0.2) is 0 Å². The lowest BCUT2D eigenvalue weighted by atomic mass is 9.82. The lowest BCUT2D eigenvalue weighted by molar-refractivity contribution is 0.0960. The summed E-state index contributed by atoms with van der Waals surface area (Å²) in [6.07, 6.45) is 5.36. The summed E-state index contributed by atoms with van der Waals surface area (Å²) in [5.41, 5.74) is 0.854. The minimum Gasteiger partial charge on any atom is -0.507 e. The Kier molecular flexibility index (Phi) is 2.65. The van der Waals surface area contributed by atoms with Crippen molar-refractivity contribution < 1.29 is 19.7 Å². The number of benzene rings is 1. The minimum absolute atomic E-state index is 0.0250. The van der Waals surface area contributed by atoms with Crippen molar-refractivity contribution in [3.63, 3.8) is 0 Å². The number of carbonyl (C=O) groups is 1. The maximum absolute atomic E-state index is 11.5. The van der Waals surface area contributed by atoms with Gasteiger partial charge in [-0.05, 0) is 24.8 Å². The highest BCUT2D eigenvalue weighted by Gasteiger charge is 2.31. The van der Waals surface area contributed by atoms with Gasteiger partial charge in [-0.15, -0.1) is 0 Å². The summed E-state index contributed by atoms with van der Waals surface area (Å²) < 4.78 is 5.22. The van der Waals surface area contributed by atoms with Gasteiger partial charge >= 0.3 is 0 Å². The standard InChI is InChI=1S/C14H16O4/c15-10-6-9-11(16)7-18-14(9)13(17)12(10)8-4-2-1-3-5-8/h6,8,15,17H,1-5,7H2. The second-order valence-electron chi connectivity index (χ2n) is 5.08. The Hall–Kier alpha value is -1.71. The molecule has 1 aromatic rings. The second-order valence-corrected chi connectivity index (χ2v) is 5.08. The van der Waals surface area contributed by atoms with Crippen LogP contribution in [0.25, 0.3) is 0 Å². The number of ether oxygens (including phenoxy) is 1. The molecule has 4 heteroatoms. The fourth-order valence-electron chi connectivity index (χ4n) is 3.01. The van der Waals surface area contributed by atoms with Gasteiger partial charge < -0.3 is 14.9 Å². The normalized spacial score (nSPS) is 19.7. The van der Waals surface area contributed by atoms with Crippen LogP contribution < -0.4 is 4.74 Å². The van der Waals surface area contributed by atoms with E-state index < -0.39 is 0 Å². The summed E-state index contributed by atoms with van der Waals surface area (Å²) >= 11 is 0. The van der Waals surface area contributed by atoms with Crippen LogP contribution in [0.5, 0.6) is 17.2 Å². The highest BCUT2D eigenvalue weighted by atomic mass is 16.5. The van der Waals surface area contributed by atoms with Crippen molar-refractivity contribution >= 4 is 5.78 Å². The highest BCUT2D eigenvalue weighted by molar-refractivity contribution is 6.03. The first kappa shape index (κ1) is 11.4. The van der Waals surface area contributed by atoms with Crippen molar-refractivity contribution in [2.45, 2.75) is 38.0 Å². The van der Waals surface area contributed by atoms with Gasteiger partial charge in [0.1, 0.15) is 5.75 Å². The number of Topliss-reactive ketones (excluding diaryl/α,β-unsaturated/α-hetero) is 1. The third-order valence-corrected chi connectivity index (χ3v) is 3.93. The fourth-order valence-corrected chi connectivity index (χ4v) is 3.01. The first-order valence-corrected chi connectivity index (χ1v) is 6.43. The van der Waals surface area contributed by atoms with Gasteiger partial charge in [-0.3, -0.25) is 4.79 Å². The van der Waals surface area contributed by atoms with E-state index in [2.05, 4.69) is 0 Å². The van der Waals surface area contributed by atoms with E-state index in [0.717, 1.165) is 25.7 Å². The Morgan fingerprint density at radius 2 is 1.89 bits per heavy atom. The fraction of sp³-hybridized carbons (Fsp3) is 0.500. The number of carbonyl (C=O) groups excluding carboxylic acids is 1. The number of rotatable bonds is 1. The first-order chi connectivity index (χ1) is 8.68. The van der Waals surface area contributed by atoms with Crippen molar-refractivity contribution in [1.82, 2.24) is 0 Å². The molecule has 1 aliphatic heterocycles. The van der Waals surface area contributed by atoms with Crippen LogP contribution in [0.2, 0.25) is 0 Å². The summed E-state index contributed by atoms with van der Waals surface area (Å²) in [5, 5.41) is 20.3. The van der Waals surface area contributed by atoms with Crippen molar-refractivity contribution in [1.29, 1.82) is 0 Å². The smallest absolute Gasteiger partial charge is 0.204 e. The molecule has 2 aliphatic rings. The van der Waals surface area contributed by atoms with E-state index in [9.17, 15) is 15.0 Å². The van der Waals surface area contributed by atoms with Crippen molar-refractivity contribution in [2.75, 3.05) is 6.61 Å². The molecule has 1 aliphatic carbocycles. The molecule has 1 aromatic carbocycles. The maximum atomic E-state index is 11.5. The molecule has 2 N–H and O–H groups in total. The number of hydrogen-bond acceptors (Lipinski definition) is 4. The van der Waals surface area contributed by atoms with E-state index in [1.807, 2.05) is 0 Å². The van der Waals surface area contributed by atoms with E-state index >= 15 is 0 Å². The van der Waals surface area contributed by atoms with Crippen LogP contribution in [0.15, 0.2) is 6.07 Å². The molecule has 0 atom stereocenters. The molecule has 0 bridgehead atoms. The zero-order valence-corrected chi connectivity index (χ0v) is 10.1. The summed E-state index contributed by atoms with van der Waals surface area (Å²) in [6.45, 7) is -0.0452. The van der Waals surface area contributed by atoms with Crippen LogP contribution in [0.4, 0.5) is 0 Å². The zero-order valence-electron chi connectivity index (χ0n) is 10.1. The molecule has 96 valence electrons. The van der Waals surface area contributed by atoms with Crippen LogP contribution in [0.3, 0.4) is 0 Å². The lowest BCUT2D eigenvalue weighted by Gasteiger charge is -2.24. The average Bonchev–Trinajstić information content (AvgIpc) is 2.73. The summed E-state index contributed by atoms with van der Waals surface area (Å²) in [5.74, 6) is 0.215. The number of phenols is 2. The molecule has 0 saturated heterocycles. The van der Waals surface area contributed by atoms with Crippen molar-refractivity contribution in [3.05, 3.63) is 17.2 Å². The van der Waals surface area contributed by atoms with Gasteiger partial charge in [-0.1, -0.05) is 19.3 Å². The molecule has 3 rings (SSSR count). The van der Waals surface area contributed by atoms with E-state index in [0.29, 0.717) is 11.1 Å². The van der Waals surface area contributed by atoms with Gasteiger partial charge in [0.15, 0.2) is 18.1 Å². The minimum atomic E-state index is -0.189. The molecule has 0 spiro atoms. The molecule has 0 aromatic heterocycles. The molecule has 1 heterocycles. The molecule has 4 nitrogen and oxygen atoms in total. The Balaban J connectivity index is 2.07. The maximum Gasteiger partial charge on any atom is 0.204 e.